The standard InChI is InChI=1S/C8H12N4/c1-4-5(2)12-7(8(9)10)6(3)11-4/h1-3H3,(H3,9,10). The van der Waals surface area contributed by atoms with Crippen LogP contribution in [0.2, 0.25) is 0 Å². The number of rotatable bonds is 1. The number of nitrogens with zero attached hydrogens (tertiary/aromatic N) is 2. The molecule has 1 rings (SSSR count). The summed E-state index contributed by atoms with van der Waals surface area (Å²) < 4.78 is 0. The molecule has 0 saturated heterocycles. The van der Waals surface area contributed by atoms with Gasteiger partial charge < -0.3 is 5.73 Å². The summed E-state index contributed by atoms with van der Waals surface area (Å²) in [4.78, 5) is 8.37. The van der Waals surface area contributed by atoms with Crippen LogP contribution < -0.4 is 5.73 Å². The number of hydrogen-bond donors (Lipinski definition) is 2. The summed E-state index contributed by atoms with van der Waals surface area (Å²) in [5.41, 5.74) is 8.22. The summed E-state index contributed by atoms with van der Waals surface area (Å²) in [6, 6.07) is 0. The molecule has 0 bridgehead atoms. The van der Waals surface area contributed by atoms with Crippen LogP contribution in [0, 0.1) is 26.2 Å². The maximum atomic E-state index is 7.22. The summed E-state index contributed by atoms with van der Waals surface area (Å²) in [7, 11) is 0. The number of aryl methyl sites for hydroxylation is 3. The van der Waals surface area contributed by atoms with Crippen molar-refractivity contribution in [2.75, 3.05) is 0 Å². The maximum absolute atomic E-state index is 7.22. The Labute approximate surface area is 71.4 Å². The van der Waals surface area contributed by atoms with Crippen LogP contribution in [0.4, 0.5) is 0 Å². The predicted molar refractivity (Wildman–Crippen MR) is 47.3 cm³/mol. The van der Waals surface area contributed by atoms with Gasteiger partial charge in [-0.1, -0.05) is 0 Å². The molecule has 0 aliphatic carbocycles. The first kappa shape index (κ1) is 8.64. The van der Waals surface area contributed by atoms with Crippen LogP contribution in [0.5, 0.6) is 0 Å². The topological polar surface area (TPSA) is 75.7 Å². The first-order valence-corrected chi connectivity index (χ1v) is 3.68. The van der Waals surface area contributed by atoms with Crippen LogP contribution in [-0.4, -0.2) is 15.8 Å². The van der Waals surface area contributed by atoms with Crippen molar-refractivity contribution < 1.29 is 0 Å². The number of nitrogen functional groups attached to an aromatic ring is 1. The van der Waals surface area contributed by atoms with E-state index in [4.69, 9.17) is 11.1 Å². The van der Waals surface area contributed by atoms with E-state index >= 15 is 0 Å². The van der Waals surface area contributed by atoms with Crippen LogP contribution in [0.25, 0.3) is 0 Å². The third-order valence-electron chi connectivity index (χ3n) is 1.74. The molecule has 1 heterocycles. The third-order valence-corrected chi connectivity index (χ3v) is 1.74. The van der Waals surface area contributed by atoms with Crippen molar-refractivity contribution in [2.45, 2.75) is 20.8 Å². The van der Waals surface area contributed by atoms with E-state index in [-0.39, 0.29) is 5.84 Å². The van der Waals surface area contributed by atoms with E-state index in [1.54, 1.807) is 6.92 Å². The molecule has 3 N–H and O–H groups in total. The Morgan fingerprint density at radius 3 is 2.08 bits per heavy atom. The molecule has 0 unspecified atom stereocenters. The van der Waals surface area contributed by atoms with E-state index in [1.807, 2.05) is 13.8 Å². The number of nitrogens with two attached hydrogens (primary N) is 1. The maximum Gasteiger partial charge on any atom is 0.143 e. The van der Waals surface area contributed by atoms with E-state index in [1.165, 1.54) is 0 Å². The van der Waals surface area contributed by atoms with E-state index in [9.17, 15) is 0 Å². The second kappa shape index (κ2) is 2.89. The molecule has 0 aliphatic rings. The SMILES string of the molecule is Cc1nc(C)c(C(=N)N)nc1C. The van der Waals surface area contributed by atoms with Gasteiger partial charge in [0, 0.05) is 0 Å². The molecule has 0 aromatic carbocycles. The number of hydrogen-bond acceptors (Lipinski definition) is 3. The van der Waals surface area contributed by atoms with Crippen molar-refractivity contribution in [3.05, 3.63) is 22.8 Å². The van der Waals surface area contributed by atoms with Gasteiger partial charge in [0.25, 0.3) is 0 Å². The first-order valence-electron chi connectivity index (χ1n) is 3.68. The second-order valence-corrected chi connectivity index (χ2v) is 2.74. The lowest BCUT2D eigenvalue weighted by atomic mass is 10.2. The Morgan fingerprint density at radius 2 is 1.58 bits per heavy atom. The van der Waals surface area contributed by atoms with Crippen molar-refractivity contribution in [1.29, 1.82) is 5.41 Å². The first-order chi connectivity index (χ1) is 5.52. The van der Waals surface area contributed by atoms with Crippen LogP contribution >= 0.6 is 0 Å². The van der Waals surface area contributed by atoms with Crippen LogP contribution in [0.1, 0.15) is 22.8 Å². The Bertz CT molecular complexity index is 330. The van der Waals surface area contributed by atoms with Gasteiger partial charge in [-0.15, -0.1) is 0 Å². The smallest absolute Gasteiger partial charge is 0.143 e. The molecule has 0 aliphatic heterocycles. The van der Waals surface area contributed by atoms with Crippen molar-refractivity contribution in [2.24, 2.45) is 5.73 Å². The summed E-state index contributed by atoms with van der Waals surface area (Å²) >= 11 is 0. The average molecular weight is 164 g/mol. The van der Waals surface area contributed by atoms with Crippen molar-refractivity contribution in [3.63, 3.8) is 0 Å². The quantitative estimate of drug-likeness (QED) is 0.473. The highest BCUT2D eigenvalue weighted by Crippen LogP contribution is 2.05. The van der Waals surface area contributed by atoms with Crippen LogP contribution in [0.15, 0.2) is 0 Å². The molecule has 4 heteroatoms. The summed E-state index contributed by atoms with van der Waals surface area (Å²) in [6.07, 6.45) is 0. The lowest BCUT2D eigenvalue weighted by molar-refractivity contribution is 0.986. The molecule has 0 atom stereocenters. The van der Waals surface area contributed by atoms with E-state index < -0.39 is 0 Å². The zero-order valence-corrected chi connectivity index (χ0v) is 7.47. The van der Waals surface area contributed by atoms with Gasteiger partial charge in [0.2, 0.25) is 0 Å². The van der Waals surface area contributed by atoms with Crippen molar-refractivity contribution in [3.8, 4) is 0 Å². The molecule has 1 aromatic heterocycles. The minimum atomic E-state index is -0.0249. The van der Waals surface area contributed by atoms with Gasteiger partial charge in [-0.05, 0) is 20.8 Å². The Hall–Kier alpha value is -1.45. The highest BCUT2D eigenvalue weighted by atomic mass is 14.9. The van der Waals surface area contributed by atoms with E-state index in [0.717, 1.165) is 11.4 Å². The van der Waals surface area contributed by atoms with Crippen molar-refractivity contribution >= 4 is 5.84 Å². The Morgan fingerprint density at radius 1 is 1.08 bits per heavy atom. The Kier molecular flexibility index (Phi) is 2.08. The number of amidine groups is 1. The molecule has 0 fully saturated rings. The molecule has 4 nitrogen and oxygen atoms in total. The molecule has 1 aromatic rings. The summed E-state index contributed by atoms with van der Waals surface area (Å²) in [5, 5.41) is 7.22. The predicted octanol–water partition coefficient (Wildman–Crippen LogP) is 0.686. The van der Waals surface area contributed by atoms with E-state index in [0.29, 0.717) is 11.4 Å². The molecule has 12 heavy (non-hydrogen) atoms. The zero-order valence-electron chi connectivity index (χ0n) is 7.47. The largest absolute Gasteiger partial charge is 0.382 e. The average Bonchev–Trinajstić information content (AvgIpc) is 1.96. The van der Waals surface area contributed by atoms with Crippen molar-refractivity contribution in [1.82, 2.24) is 9.97 Å². The summed E-state index contributed by atoms with van der Waals surface area (Å²) in [5.74, 6) is -0.0249. The third kappa shape index (κ3) is 1.42. The van der Waals surface area contributed by atoms with Gasteiger partial charge in [0.05, 0.1) is 17.1 Å². The van der Waals surface area contributed by atoms with Crippen LogP contribution in [0.3, 0.4) is 0 Å². The monoisotopic (exact) mass is 164 g/mol. The fourth-order valence-corrected chi connectivity index (χ4v) is 0.970. The molecule has 0 spiro atoms. The Balaban J connectivity index is 3.33. The minimum Gasteiger partial charge on any atom is -0.382 e. The number of aromatic nitrogens is 2. The molecule has 64 valence electrons. The fourth-order valence-electron chi connectivity index (χ4n) is 0.970. The van der Waals surface area contributed by atoms with E-state index in [2.05, 4.69) is 9.97 Å². The van der Waals surface area contributed by atoms with Gasteiger partial charge in [-0.3, -0.25) is 10.4 Å². The highest BCUT2D eigenvalue weighted by molar-refractivity contribution is 5.93. The normalized spacial score (nSPS) is 9.92. The lowest BCUT2D eigenvalue weighted by Crippen LogP contribution is -2.17. The molecule has 0 amide bonds. The lowest BCUT2D eigenvalue weighted by Gasteiger charge is -2.05. The second-order valence-electron chi connectivity index (χ2n) is 2.74. The summed E-state index contributed by atoms with van der Waals surface area (Å²) in [6.45, 7) is 5.55. The highest BCUT2D eigenvalue weighted by Gasteiger charge is 2.06. The molecule has 0 saturated carbocycles. The van der Waals surface area contributed by atoms with Gasteiger partial charge in [-0.2, -0.15) is 0 Å². The van der Waals surface area contributed by atoms with Gasteiger partial charge in [0.1, 0.15) is 11.5 Å². The van der Waals surface area contributed by atoms with Gasteiger partial charge >= 0.3 is 0 Å². The van der Waals surface area contributed by atoms with Gasteiger partial charge in [0.15, 0.2) is 0 Å². The number of nitrogens with one attached hydrogen (secondary N) is 1. The minimum absolute atomic E-state index is 0.0249. The fraction of sp³-hybridized carbons (Fsp3) is 0.375. The molecule has 0 radical (unpaired) electrons. The molecular weight excluding hydrogens is 152 g/mol. The zero-order chi connectivity index (χ0) is 9.30. The van der Waals surface area contributed by atoms with Gasteiger partial charge in [-0.25, -0.2) is 4.98 Å². The molecular formula is C8H12N4. The van der Waals surface area contributed by atoms with Crippen LogP contribution in [-0.2, 0) is 0 Å².